The molecule has 0 heterocycles. The fourth-order valence-corrected chi connectivity index (χ4v) is 0.230. The van der Waals surface area contributed by atoms with Crippen molar-refractivity contribution in [1.29, 1.82) is 0 Å². The number of carbonyl (C=O) groups is 1. The summed E-state index contributed by atoms with van der Waals surface area (Å²) in [6.45, 7) is 3.19. The second-order valence-electron chi connectivity index (χ2n) is 1.44. The first kappa shape index (κ1) is 6.92. The zero-order chi connectivity index (χ0) is 5.86. The lowest BCUT2D eigenvalue weighted by molar-refractivity contribution is -0.118. The van der Waals surface area contributed by atoms with Crippen LogP contribution in [0.25, 0.3) is 0 Å². The minimum absolute atomic E-state index is 0.0509. The molecule has 0 saturated carbocycles. The van der Waals surface area contributed by atoms with Crippen LogP contribution in [0, 0.1) is 0 Å². The number of halogens is 1. The molecule has 0 bridgehead atoms. The molecule has 3 heteroatoms. The Morgan fingerprint density at radius 1 is 1.86 bits per heavy atom. The Kier molecular flexibility index (Phi) is 2.96. The van der Waals surface area contributed by atoms with Crippen LogP contribution < -0.4 is 4.84 Å². The highest BCUT2D eigenvalue weighted by molar-refractivity contribution is 6.15. The van der Waals surface area contributed by atoms with Crippen LogP contribution in [-0.4, -0.2) is 11.8 Å². The fourth-order valence-electron chi connectivity index (χ4n) is 0.0768. The highest BCUT2D eigenvalue weighted by atomic mass is 35.5. The number of rotatable bonds is 2. The molecule has 0 radical (unpaired) electrons. The Labute approximate surface area is 48.0 Å². The summed E-state index contributed by atoms with van der Waals surface area (Å²) in [5.74, 6) is 0.0509. The molecule has 0 spiro atoms. The summed E-state index contributed by atoms with van der Waals surface area (Å²) in [6, 6.07) is -0.221. The standard InChI is InChI=1S/C4H8ClNO/c1-3(6-5)4(2)7/h3,6H,1-2H3/t3-/m1/s1. The Bertz CT molecular complexity index is 74.1. The number of ketones is 1. The lowest BCUT2D eigenvalue weighted by atomic mass is 10.3. The molecule has 1 atom stereocenters. The van der Waals surface area contributed by atoms with Crippen molar-refractivity contribution in [1.82, 2.24) is 4.84 Å². The van der Waals surface area contributed by atoms with E-state index in [1.807, 2.05) is 0 Å². The third kappa shape index (κ3) is 2.60. The van der Waals surface area contributed by atoms with Gasteiger partial charge in [0.1, 0.15) is 5.78 Å². The number of carbonyl (C=O) groups excluding carboxylic acids is 1. The van der Waals surface area contributed by atoms with Gasteiger partial charge in [-0.3, -0.25) is 4.79 Å². The first-order chi connectivity index (χ1) is 3.18. The SMILES string of the molecule is CC(=O)[C@@H](C)NCl. The predicted molar refractivity (Wildman–Crippen MR) is 29.1 cm³/mol. The van der Waals surface area contributed by atoms with Crippen molar-refractivity contribution in [2.75, 3.05) is 0 Å². The molecule has 2 nitrogen and oxygen atoms in total. The summed E-state index contributed by atoms with van der Waals surface area (Å²) in [5.41, 5.74) is 0. The molecule has 42 valence electrons. The molecule has 7 heavy (non-hydrogen) atoms. The van der Waals surface area contributed by atoms with E-state index < -0.39 is 0 Å². The molecule has 0 aliphatic heterocycles. The van der Waals surface area contributed by atoms with Crippen molar-refractivity contribution in [2.24, 2.45) is 0 Å². The Morgan fingerprint density at radius 2 is 2.29 bits per heavy atom. The molecule has 0 aromatic heterocycles. The molecule has 0 rings (SSSR count). The molecule has 0 fully saturated rings. The summed E-state index contributed by atoms with van der Waals surface area (Å²) in [4.78, 5) is 12.5. The van der Waals surface area contributed by atoms with Crippen molar-refractivity contribution in [3.8, 4) is 0 Å². The second kappa shape index (κ2) is 2.99. The molecule has 0 saturated heterocycles. The summed E-state index contributed by atoms with van der Waals surface area (Å²) < 4.78 is 0. The van der Waals surface area contributed by atoms with Gasteiger partial charge in [0.2, 0.25) is 0 Å². The van der Waals surface area contributed by atoms with Crippen molar-refractivity contribution in [2.45, 2.75) is 19.9 Å². The lowest BCUT2D eigenvalue weighted by Crippen LogP contribution is -2.24. The molecule has 0 amide bonds. The van der Waals surface area contributed by atoms with E-state index in [9.17, 15) is 4.79 Å². The van der Waals surface area contributed by atoms with Crippen LogP contribution in [0.4, 0.5) is 0 Å². The van der Waals surface area contributed by atoms with Crippen molar-refractivity contribution in [3.05, 3.63) is 0 Å². The van der Waals surface area contributed by atoms with E-state index in [0.717, 1.165) is 0 Å². The van der Waals surface area contributed by atoms with Gasteiger partial charge in [0.05, 0.1) is 6.04 Å². The molecule has 1 N–H and O–H groups in total. The van der Waals surface area contributed by atoms with Crippen molar-refractivity contribution < 1.29 is 4.79 Å². The lowest BCUT2D eigenvalue weighted by Gasteiger charge is -1.98. The topological polar surface area (TPSA) is 29.1 Å². The molecule has 0 aromatic carbocycles. The molecule has 0 unspecified atom stereocenters. The zero-order valence-electron chi connectivity index (χ0n) is 4.36. The van der Waals surface area contributed by atoms with Crippen LogP contribution >= 0.6 is 11.8 Å². The minimum atomic E-state index is -0.221. The third-order valence-electron chi connectivity index (χ3n) is 0.773. The zero-order valence-corrected chi connectivity index (χ0v) is 5.12. The quantitative estimate of drug-likeness (QED) is 0.545. The van der Waals surface area contributed by atoms with E-state index in [1.54, 1.807) is 6.92 Å². The first-order valence-corrected chi connectivity index (χ1v) is 2.43. The highest BCUT2D eigenvalue weighted by Gasteiger charge is 2.01. The van der Waals surface area contributed by atoms with E-state index in [4.69, 9.17) is 11.8 Å². The van der Waals surface area contributed by atoms with E-state index in [0.29, 0.717) is 0 Å². The first-order valence-electron chi connectivity index (χ1n) is 2.05. The van der Waals surface area contributed by atoms with Crippen LogP contribution in [0.2, 0.25) is 0 Å². The summed E-state index contributed by atoms with van der Waals surface area (Å²) >= 11 is 5.08. The highest BCUT2D eigenvalue weighted by Crippen LogP contribution is 1.82. The van der Waals surface area contributed by atoms with E-state index >= 15 is 0 Å². The van der Waals surface area contributed by atoms with Crippen LogP contribution in [-0.2, 0) is 4.79 Å². The second-order valence-corrected chi connectivity index (χ2v) is 1.66. The Balaban J connectivity index is 3.34. The molecular formula is C4H8ClNO. The van der Waals surface area contributed by atoms with Crippen LogP contribution in [0.5, 0.6) is 0 Å². The van der Waals surface area contributed by atoms with Gasteiger partial charge in [0.25, 0.3) is 0 Å². The molecule has 0 aliphatic carbocycles. The average molecular weight is 122 g/mol. The average Bonchev–Trinajstić information content (AvgIpc) is 1.65. The van der Waals surface area contributed by atoms with Crippen LogP contribution in [0.15, 0.2) is 0 Å². The maximum atomic E-state index is 10.2. The van der Waals surface area contributed by atoms with Crippen molar-refractivity contribution >= 4 is 17.6 Å². The van der Waals surface area contributed by atoms with Crippen LogP contribution in [0.1, 0.15) is 13.8 Å². The maximum absolute atomic E-state index is 10.2. The molecular weight excluding hydrogens is 114 g/mol. The predicted octanol–water partition coefficient (Wildman–Crippen LogP) is 0.707. The van der Waals surface area contributed by atoms with Gasteiger partial charge in [-0.2, -0.15) is 0 Å². The van der Waals surface area contributed by atoms with Gasteiger partial charge in [-0.05, 0) is 25.6 Å². The van der Waals surface area contributed by atoms with Gasteiger partial charge in [-0.25, -0.2) is 4.84 Å². The summed E-state index contributed by atoms with van der Waals surface area (Å²) in [5, 5.41) is 0. The number of Topliss-reactive ketones (excluding diaryl/α,β-unsaturated/α-hetero) is 1. The van der Waals surface area contributed by atoms with Gasteiger partial charge in [-0.15, -0.1) is 0 Å². The van der Waals surface area contributed by atoms with E-state index in [2.05, 4.69) is 4.84 Å². The van der Waals surface area contributed by atoms with E-state index in [1.165, 1.54) is 6.92 Å². The number of hydrogen-bond acceptors (Lipinski definition) is 2. The maximum Gasteiger partial charge on any atom is 0.147 e. The normalized spacial score (nSPS) is 13.6. The number of nitrogens with one attached hydrogen (secondary N) is 1. The minimum Gasteiger partial charge on any atom is -0.298 e. The van der Waals surface area contributed by atoms with Gasteiger partial charge in [0.15, 0.2) is 0 Å². The van der Waals surface area contributed by atoms with Gasteiger partial charge in [-0.1, -0.05) is 0 Å². The fraction of sp³-hybridized carbons (Fsp3) is 0.750. The van der Waals surface area contributed by atoms with E-state index in [-0.39, 0.29) is 11.8 Å². The summed E-state index contributed by atoms with van der Waals surface area (Å²) in [7, 11) is 0. The Hall–Kier alpha value is -0.0800. The summed E-state index contributed by atoms with van der Waals surface area (Å²) in [6.07, 6.45) is 0. The monoisotopic (exact) mass is 121 g/mol. The molecule has 0 aromatic rings. The van der Waals surface area contributed by atoms with Gasteiger partial charge >= 0.3 is 0 Å². The molecule has 0 aliphatic rings. The largest absolute Gasteiger partial charge is 0.298 e. The third-order valence-corrected chi connectivity index (χ3v) is 1.10. The van der Waals surface area contributed by atoms with Gasteiger partial charge in [0, 0.05) is 0 Å². The number of hydrogen-bond donors (Lipinski definition) is 1. The van der Waals surface area contributed by atoms with Crippen LogP contribution in [0.3, 0.4) is 0 Å². The Morgan fingerprint density at radius 3 is 2.29 bits per heavy atom. The van der Waals surface area contributed by atoms with Gasteiger partial charge < -0.3 is 0 Å². The van der Waals surface area contributed by atoms with Crippen molar-refractivity contribution in [3.63, 3.8) is 0 Å². The smallest absolute Gasteiger partial charge is 0.147 e.